The van der Waals surface area contributed by atoms with Crippen molar-refractivity contribution in [3.63, 3.8) is 0 Å². The van der Waals surface area contributed by atoms with Gasteiger partial charge in [-0.2, -0.15) is 5.26 Å². The Morgan fingerprint density at radius 1 is 1.09 bits per heavy atom. The molecule has 0 unspecified atom stereocenters. The van der Waals surface area contributed by atoms with E-state index in [-0.39, 0.29) is 5.04 Å². The molecular weight excluding hydrogens is 294 g/mol. The van der Waals surface area contributed by atoms with Gasteiger partial charge in [0.25, 0.3) is 8.32 Å². The van der Waals surface area contributed by atoms with Crippen LogP contribution in [0.15, 0.2) is 18.2 Å². The summed E-state index contributed by atoms with van der Waals surface area (Å²) in [5.74, 6) is 1.86. The van der Waals surface area contributed by atoms with E-state index in [0.717, 1.165) is 5.56 Å². The molecule has 0 aliphatic carbocycles. The Morgan fingerprint density at radius 2 is 1.59 bits per heavy atom. The van der Waals surface area contributed by atoms with Crippen molar-refractivity contribution in [1.29, 1.82) is 5.26 Å². The number of methoxy groups -OCH3 is 2. The average molecular weight is 319 g/mol. The third-order valence-corrected chi connectivity index (χ3v) is 8.32. The first-order valence-electron chi connectivity index (χ1n) is 7.17. The van der Waals surface area contributed by atoms with Crippen LogP contribution in [0.4, 0.5) is 0 Å². The van der Waals surface area contributed by atoms with Crippen molar-refractivity contribution in [2.24, 2.45) is 0 Å². The molecule has 0 saturated carbocycles. The van der Waals surface area contributed by atoms with E-state index in [2.05, 4.69) is 33.9 Å². The summed E-state index contributed by atoms with van der Waals surface area (Å²) >= 11 is 0. The lowest BCUT2D eigenvalue weighted by Gasteiger charge is -2.37. The maximum Gasteiger partial charge on any atom is 0.250 e. The highest BCUT2D eigenvalue weighted by Gasteiger charge is 2.40. The van der Waals surface area contributed by atoms with Gasteiger partial charge in [-0.25, -0.2) is 0 Å². The molecule has 0 aliphatic heterocycles. The molecule has 1 rings (SSSR count). The quantitative estimate of drug-likeness (QED) is 0.587. The minimum absolute atomic E-state index is 0.0718. The number of rotatable bonds is 5. The van der Waals surface area contributed by atoms with Crippen LogP contribution >= 0.6 is 0 Å². The van der Waals surface area contributed by atoms with Crippen molar-refractivity contribution in [2.45, 2.75) is 38.9 Å². The van der Waals surface area contributed by atoms with Gasteiger partial charge in [-0.3, -0.25) is 0 Å². The maximum absolute atomic E-state index is 8.66. The third kappa shape index (κ3) is 4.05. The smallest absolute Gasteiger partial charge is 0.250 e. The number of benzene rings is 1. The zero-order chi connectivity index (χ0) is 17.0. The summed E-state index contributed by atoms with van der Waals surface area (Å²) in [6.45, 7) is 10.9. The van der Waals surface area contributed by atoms with Gasteiger partial charge in [0.1, 0.15) is 0 Å². The molecule has 22 heavy (non-hydrogen) atoms. The normalized spacial score (nSPS) is 12.1. The topological polar surface area (TPSA) is 51.5 Å². The second-order valence-corrected chi connectivity index (χ2v) is 11.3. The lowest BCUT2D eigenvalue weighted by Crippen LogP contribution is -2.44. The van der Waals surface area contributed by atoms with Crippen molar-refractivity contribution in [3.05, 3.63) is 23.8 Å². The number of nitrogens with zero attached hydrogens (tertiary/aromatic N) is 1. The van der Waals surface area contributed by atoms with Crippen LogP contribution in [0.3, 0.4) is 0 Å². The highest BCUT2D eigenvalue weighted by Crippen LogP contribution is 2.45. The highest BCUT2D eigenvalue weighted by atomic mass is 28.4. The maximum atomic E-state index is 8.66. The lowest BCUT2D eigenvalue weighted by atomic mass is 10.1. The predicted molar refractivity (Wildman–Crippen MR) is 92.0 cm³/mol. The molecule has 0 saturated heterocycles. The average Bonchev–Trinajstić information content (AvgIpc) is 2.44. The van der Waals surface area contributed by atoms with E-state index in [0.29, 0.717) is 17.2 Å². The Kier molecular flexibility index (Phi) is 5.67. The molecule has 1 aromatic carbocycles. The molecular formula is C17H25NO3Si. The number of ether oxygens (including phenoxy) is 2. The fraction of sp³-hybridized carbons (Fsp3) is 0.471. The summed E-state index contributed by atoms with van der Waals surface area (Å²) in [5.41, 5.74) is 0.831. The molecule has 0 fully saturated rings. The summed E-state index contributed by atoms with van der Waals surface area (Å²) < 4.78 is 17.3. The van der Waals surface area contributed by atoms with Crippen LogP contribution in [0.2, 0.25) is 18.1 Å². The molecule has 0 N–H and O–H groups in total. The van der Waals surface area contributed by atoms with Crippen LogP contribution in [0.5, 0.6) is 17.2 Å². The van der Waals surface area contributed by atoms with Gasteiger partial charge in [0.05, 0.1) is 20.3 Å². The first-order chi connectivity index (χ1) is 10.2. The van der Waals surface area contributed by atoms with Crippen molar-refractivity contribution in [2.75, 3.05) is 14.2 Å². The third-order valence-electron chi connectivity index (χ3n) is 4.00. The zero-order valence-electron chi connectivity index (χ0n) is 14.5. The second kappa shape index (κ2) is 6.88. The number of nitriles is 1. The molecule has 1 aromatic rings. The minimum Gasteiger partial charge on any atom is -0.539 e. The van der Waals surface area contributed by atoms with Gasteiger partial charge in [0.2, 0.25) is 0 Å². The van der Waals surface area contributed by atoms with Crippen molar-refractivity contribution in [3.8, 4) is 23.3 Å². The summed E-state index contributed by atoms with van der Waals surface area (Å²) in [4.78, 5) is 0. The van der Waals surface area contributed by atoms with Gasteiger partial charge < -0.3 is 13.9 Å². The Hall–Kier alpha value is -1.93. The van der Waals surface area contributed by atoms with E-state index in [1.54, 1.807) is 20.3 Å². The molecule has 4 nitrogen and oxygen atoms in total. The molecule has 120 valence electrons. The molecule has 0 aliphatic rings. The molecule has 0 aromatic heterocycles. The van der Waals surface area contributed by atoms with Gasteiger partial charge in [-0.1, -0.05) is 20.8 Å². The van der Waals surface area contributed by atoms with Crippen molar-refractivity contribution >= 4 is 14.4 Å². The molecule has 0 radical (unpaired) electrons. The van der Waals surface area contributed by atoms with E-state index in [4.69, 9.17) is 19.2 Å². The summed E-state index contributed by atoms with van der Waals surface area (Å²) in [6.07, 6.45) is 3.13. The van der Waals surface area contributed by atoms with E-state index in [1.165, 1.54) is 6.08 Å². The van der Waals surface area contributed by atoms with Crippen LogP contribution in [-0.4, -0.2) is 22.5 Å². The van der Waals surface area contributed by atoms with Crippen LogP contribution in [0.1, 0.15) is 26.3 Å². The lowest BCUT2D eigenvalue weighted by molar-refractivity contribution is 0.354. The number of allylic oxidation sites excluding steroid dienone is 1. The van der Waals surface area contributed by atoms with Crippen molar-refractivity contribution in [1.82, 2.24) is 0 Å². The second-order valence-electron chi connectivity index (χ2n) is 6.58. The van der Waals surface area contributed by atoms with E-state index in [9.17, 15) is 0 Å². The van der Waals surface area contributed by atoms with Gasteiger partial charge in [0.15, 0.2) is 17.2 Å². The largest absolute Gasteiger partial charge is 0.539 e. The summed E-state index contributed by atoms with van der Waals surface area (Å²) in [5, 5.41) is 8.73. The summed E-state index contributed by atoms with van der Waals surface area (Å²) in [7, 11) is 1.19. The van der Waals surface area contributed by atoms with Crippen LogP contribution in [0, 0.1) is 11.3 Å². The minimum atomic E-state index is -2.01. The Balaban J connectivity index is 3.35. The van der Waals surface area contributed by atoms with Gasteiger partial charge in [0, 0.05) is 6.08 Å². The Morgan fingerprint density at radius 3 is 1.95 bits per heavy atom. The SMILES string of the molecule is COc1cc(/C=C/C#N)cc(OC)c1O[Si](C)(C)C(C)(C)C. The van der Waals surface area contributed by atoms with Gasteiger partial charge in [-0.15, -0.1) is 0 Å². The zero-order valence-corrected chi connectivity index (χ0v) is 15.5. The summed E-state index contributed by atoms with van der Waals surface area (Å²) in [6, 6.07) is 5.67. The first-order valence-corrected chi connectivity index (χ1v) is 10.1. The predicted octanol–water partition coefficient (Wildman–Crippen LogP) is 4.62. The molecule has 0 bridgehead atoms. The van der Waals surface area contributed by atoms with Crippen molar-refractivity contribution < 1.29 is 13.9 Å². The highest BCUT2D eigenvalue weighted by molar-refractivity contribution is 6.74. The van der Waals surface area contributed by atoms with E-state index >= 15 is 0 Å². The number of hydrogen-bond acceptors (Lipinski definition) is 4. The Labute approximate surface area is 134 Å². The fourth-order valence-corrected chi connectivity index (χ4v) is 2.66. The van der Waals surface area contributed by atoms with E-state index in [1.807, 2.05) is 18.2 Å². The van der Waals surface area contributed by atoms with Gasteiger partial charge in [-0.05, 0) is 41.9 Å². The molecule has 0 atom stereocenters. The molecule has 0 amide bonds. The molecule has 0 heterocycles. The first kappa shape index (κ1) is 18.1. The van der Waals surface area contributed by atoms with Gasteiger partial charge >= 0.3 is 0 Å². The van der Waals surface area contributed by atoms with Crippen LogP contribution in [-0.2, 0) is 0 Å². The van der Waals surface area contributed by atoms with E-state index < -0.39 is 8.32 Å². The monoisotopic (exact) mass is 319 g/mol. The Bertz CT molecular complexity index is 570. The molecule has 5 heteroatoms. The standard InChI is InChI=1S/C17H25NO3Si/c1-17(2,3)22(6,7)21-16-14(19-4)11-13(9-8-10-18)12-15(16)20-5/h8-9,11-12H,1-7H3/b9-8+. The van der Waals surface area contributed by atoms with Crippen LogP contribution in [0.25, 0.3) is 6.08 Å². The van der Waals surface area contributed by atoms with Crippen LogP contribution < -0.4 is 13.9 Å². The fourth-order valence-electron chi connectivity index (χ4n) is 1.64. The number of hydrogen-bond donors (Lipinski definition) is 0. The molecule has 0 spiro atoms.